The molecular weight excluding hydrogens is 798 g/mol. The molecule has 5 heterocycles. The molecular formula is C46H56FN7O8. The third kappa shape index (κ3) is 9.27. The number of likely N-dealkylation sites (tertiary alicyclic amines) is 2. The predicted octanol–water partition coefficient (Wildman–Crippen LogP) is 4.89. The van der Waals surface area contributed by atoms with Gasteiger partial charge in [0.1, 0.15) is 23.9 Å². The second-order valence-corrected chi connectivity index (χ2v) is 17.0. The van der Waals surface area contributed by atoms with Gasteiger partial charge in [-0.1, -0.05) is 24.3 Å². The van der Waals surface area contributed by atoms with Crippen molar-refractivity contribution in [2.45, 2.75) is 87.6 Å². The molecule has 0 bridgehead atoms. The Bertz CT molecular complexity index is 2080. The number of rotatable bonds is 12. The Kier molecular flexibility index (Phi) is 13.4. The number of nitrogens with one attached hydrogen (secondary N) is 3. The van der Waals surface area contributed by atoms with Gasteiger partial charge in [0.25, 0.3) is 0 Å². The molecule has 330 valence electrons. The number of ether oxygens (including phenoxy) is 3. The van der Waals surface area contributed by atoms with Crippen LogP contribution >= 0.6 is 0 Å². The molecule has 0 spiro atoms. The van der Waals surface area contributed by atoms with Crippen molar-refractivity contribution >= 4 is 46.8 Å². The highest BCUT2D eigenvalue weighted by molar-refractivity contribution is 5.99. The second-order valence-electron chi connectivity index (χ2n) is 17.0. The summed E-state index contributed by atoms with van der Waals surface area (Å²) in [5.74, 6) is -1.66. The molecule has 5 fully saturated rings. The van der Waals surface area contributed by atoms with Crippen LogP contribution in [0.4, 0.5) is 26.2 Å². The van der Waals surface area contributed by atoms with Crippen molar-refractivity contribution in [3.63, 3.8) is 0 Å². The van der Waals surface area contributed by atoms with Crippen LogP contribution in [0.5, 0.6) is 0 Å². The van der Waals surface area contributed by atoms with Crippen molar-refractivity contribution in [3.8, 4) is 0 Å². The highest BCUT2D eigenvalue weighted by Crippen LogP contribution is 2.47. The molecule has 0 saturated carbocycles. The molecule has 15 nitrogen and oxygen atoms in total. The topological polar surface area (TPSA) is 185 Å². The van der Waals surface area contributed by atoms with Crippen LogP contribution in [0.2, 0.25) is 0 Å². The zero-order valence-electron chi connectivity index (χ0n) is 35.0. The van der Waals surface area contributed by atoms with Crippen molar-refractivity contribution in [3.05, 3.63) is 89.7 Å². The molecule has 5 aliphatic heterocycles. The first-order valence-corrected chi connectivity index (χ1v) is 21.8. The number of nitrogens with two attached hydrogens (primary N) is 1. The molecule has 0 aliphatic carbocycles. The van der Waals surface area contributed by atoms with Crippen LogP contribution in [0.3, 0.4) is 0 Å². The number of halogens is 1. The van der Waals surface area contributed by atoms with Crippen LogP contribution in [0.1, 0.15) is 74.6 Å². The van der Waals surface area contributed by atoms with Crippen molar-refractivity contribution in [1.82, 2.24) is 15.1 Å². The van der Waals surface area contributed by atoms with E-state index in [9.17, 15) is 28.4 Å². The van der Waals surface area contributed by atoms with Crippen molar-refractivity contribution in [2.75, 3.05) is 62.2 Å². The second kappa shape index (κ2) is 19.2. The van der Waals surface area contributed by atoms with Crippen molar-refractivity contribution in [1.29, 1.82) is 0 Å². The molecule has 3 aromatic carbocycles. The van der Waals surface area contributed by atoms with Gasteiger partial charge in [0.2, 0.25) is 23.6 Å². The number of methoxy groups -OCH3 is 1. The number of anilines is 3. The normalized spacial score (nSPS) is 25.7. The summed E-state index contributed by atoms with van der Waals surface area (Å²) in [5, 5.41) is 8.70. The van der Waals surface area contributed by atoms with Crippen LogP contribution in [-0.2, 0) is 33.4 Å². The number of alkyl carbamates (subject to hydrolysis) is 1. The quantitative estimate of drug-likeness (QED) is 0.196. The summed E-state index contributed by atoms with van der Waals surface area (Å²) >= 11 is 0. The van der Waals surface area contributed by atoms with Gasteiger partial charge >= 0.3 is 6.09 Å². The zero-order chi connectivity index (χ0) is 43.3. The lowest BCUT2D eigenvalue weighted by molar-refractivity contribution is -0.139. The molecule has 0 aromatic heterocycles. The summed E-state index contributed by atoms with van der Waals surface area (Å²) in [7, 11) is 1.25. The van der Waals surface area contributed by atoms with E-state index in [1.54, 1.807) is 21.9 Å². The van der Waals surface area contributed by atoms with E-state index >= 15 is 0 Å². The highest BCUT2D eigenvalue weighted by atomic mass is 19.1. The Labute approximate surface area is 360 Å². The molecule has 5 amide bonds. The van der Waals surface area contributed by atoms with E-state index in [0.717, 1.165) is 42.5 Å². The summed E-state index contributed by atoms with van der Waals surface area (Å²) in [5.41, 5.74) is 10.4. The predicted molar refractivity (Wildman–Crippen MR) is 228 cm³/mol. The van der Waals surface area contributed by atoms with Gasteiger partial charge < -0.3 is 50.6 Å². The lowest BCUT2D eigenvalue weighted by Gasteiger charge is -2.33. The fourth-order valence-corrected chi connectivity index (χ4v) is 9.86. The molecule has 5 saturated heterocycles. The number of nitrogens with zero attached hydrogens (tertiary/aromatic N) is 3. The summed E-state index contributed by atoms with van der Waals surface area (Å²) in [6, 6.07) is 18.9. The van der Waals surface area contributed by atoms with Crippen LogP contribution in [-0.4, -0.2) is 110 Å². The molecule has 0 radical (unpaired) electrons. The number of amides is 5. The molecule has 62 heavy (non-hydrogen) atoms. The number of hydrogen-bond acceptors (Lipinski definition) is 10. The van der Waals surface area contributed by atoms with Gasteiger partial charge in [-0.05, 0) is 111 Å². The van der Waals surface area contributed by atoms with E-state index in [4.69, 9.17) is 19.9 Å². The van der Waals surface area contributed by atoms with Gasteiger partial charge in [-0.2, -0.15) is 0 Å². The van der Waals surface area contributed by atoms with E-state index in [-0.39, 0.29) is 53.4 Å². The van der Waals surface area contributed by atoms with Crippen LogP contribution in [0.25, 0.3) is 0 Å². The minimum absolute atomic E-state index is 0.0409. The molecule has 8 rings (SSSR count). The first kappa shape index (κ1) is 43.1. The Hall–Kier alpha value is -5.58. The van der Waals surface area contributed by atoms with Crippen LogP contribution in [0, 0.1) is 17.7 Å². The largest absolute Gasteiger partial charge is 0.453 e. The average Bonchev–Trinajstić information content (AvgIpc) is 4.15. The van der Waals surface area contributed by atoms with Gasteiger partial charge in [0.05, 0.1) is 38.4 Å². The summed E-state index contributed by atoms with van der Waals surface area (Å²) in [6.45, 7) is 2.77. The third-order valence-corrected chi connectivity index (χ3v) is 13.2. The lowest BCUT2D eigenvalue weighted by atomic mass is 9.97. The number of carbonyl (C=O) groups is 5. The first-order chi connectivity index (χ1) is 30.1. The number of carbonyl (C=O) groups excluding carboxylic acids is 5. The van der Waals surface area contributed by atoms with E-state index < -0.39 is 30.3 Å². The third-order valence-electron chi connectivity index (χ3n) is 13.2. The summed E-state index contributed by atoms with van der Waals surface area (Å²) in [6.07, 6.45) is 4.71. The van der Waals surface area contributed by atoms with Crippen LogP contribution in [0.15, 0.2) is 72.8 Å². The molecule has 0 unspecified atom stereocenters. The standard InChI is InChI=1S/C46H56FN7O8/c1-60-46(59)51-41(31-21-25-62-27-31)45(58)53-23-3-5-39(53)43(56)50-34-14-8-29(9-15-34)37-19-18-36(54(37)35-16-10-32(47)11-17-35)28-6-12-33(13-7-28)49-42(55)38-4-2-22-52(38)44(57)40(48)30-20-24-61-26-30/h6-17,30-31,36-41H,2-5,18-27,48H2,1H3,(H,49,55)(H,50,56)(H,51,59)/t30-,31-,36+,37+,38-,39-,40-,41-/m0/s1. The lowest BCUT2D eigenvalue weighted by Crippen LogP contribution is -2.55. The van der Waals surface area contributed by atoms with Gasteiger partial charge in [-0.3, -0.25) is 19.2 Å². The van der Waals surface area contributed by atoms with Crippen LogP contribution < -0.4 is 26.6 Å². The SMILES string of the molecule is COC(=O)N[C@H](C(=O)N1CCC[C@H]1C(=O)Nc1ccc([C@H]2CC[C@H](c3ccc(NC(=O)[C@@H]4CCCN4C(=O)[C@@H](N)[C@H]4CCOC4)cc3)N2c2ccc(F)cc2)cc1)[C@H]1CCOC1. The van der Waals surface area contributed by atoms with Gasteiger partial charge in [0, 0.05) is 55.2 Å². The minimum Gasteiger partial charge on any atom is -0.453 e. The van der Waals surface area contributed by atoms with Gasteiger partial charge in [-0.25, -0.2) is 9.18 Å². The van der Waals surface area contributed by atoms with E-state index in [0.29, 0.717) is 76.6 Å². The monoisotopic (exact) mass is 853 g/mol. The maximum Gasteiger partial charge on any atom is 0.407 e. The number of benzene rings is 3. The Morgan fingerprint density at radius 3 is 1.66 bits per heavy atom. The molecule has 8 atom stereocenters. The summed E-state index contributed by atoms with van der Waals surface area (Å²) < 4.78 is 29.9. The summed E-state index contributed by atoms with van der Waals surface area (Å²) in [4.78, 5) is 71.9. The zero-order valence-corrected chi connectivity index (χ0v) is 35.0. The fourth-order valence-electron chi connectivity index (χ4n) is 9.86. The molecule has 16 heteroatoms. The van der Waals surface area contributed by atoms with E-state index in [1.807, 2.05) is 48.5 Å². The molecule has 3 aromatic rings. The Morgan fingerprint density at radius 1 is 0.677 bits per heavy atom. The average molecular weight is 854 g/mol. The maximum absolute atomic E-state index is 14.2. The van der Waals surface area contributed by atoms with Crippen molar-refractivity contribution in [2.24, 2.45) is 17.6 Å². The fraction of sp³-hybridized carbons (Fsp3) is 0.500. The maximum atomic E-state index is 14.2. The highest BCUT2D eigenvalue weighted by Gasteiger charge is 2.43. The van der Waals surface area contributed by atoms with E-state index in [2.05, 4.69) is 20.9 Å². The Morgan fingerprint density at radius 2 is 1.18 bits per heavy atom. The molecule has 5 N–H and O–H groups in total. The first-order valence-electron chi connectivity index (χ1n) is 21.8. The number of hydrogen-bond donors (Lipinski definition) is 4. The van der Waals surface area contributed by atoms with Crippen molar-refractivity contribution < 1.29 is 42.6 Å². The minimum atomic E-state index is -0.857. The van der Waals surface area contributed by atoms with Gasteiger partial charge in [0.15, 0.2) is 0 Å². The molecule has 5 aliphatic rings. The Balaban J connectivity index is 0.928. The van der Waals surface area contributed by atoms with Gasteiger partial charge in [-0.15, -0.1) is 0 Å². The smallest absolute Gasteiger partial charge is 0.407 e. The van der Waals surface area contributed by atoms with E-state index in [1.165, 1.54) is 19.2 Å².